The molecule has 20 heavy (non-hydrogen) atoms. The fourth-order valence-corrected chi connectivity index (χ4v) is 2.83. The summed E-state index contributed by atoms with van der Waals surface area (Å²) in [5, 5.41) is 9.28. The van der Waals surface area contributed by atoms with Crippen molar-refractivity contribution >= 4 is 0 Å². The predicted molar refractivity (Wildman–Crippen MR) is 76.6 cm³/mol. The highest BCUT2D eigenvalue weighted by Gasteiger charge is 2.22. The lowest BCUT2D eigenvalue weighted by Gasteiger charge is -2.17. The molecule has 0 amide bonds. The molecule has 0 atom stereocenters. The first kappa shape index (κ1) is 12.7. The molecule has 0 saturated heterocycles. The lowest BCUT2D eigenvalue weighted by atomic mass is 10.1. The van der Waals surface area contributed by atoms with Gasteiger partial charge < -0.3 is 9.30 Å². The highest BCUT2D eigenvalue weighted by atomic mass is 16.5. The third-order valence-electron chi connectivity index (χ3n) is 3.82. The summed E-state index contributed by atoms with van der Waals surface area (Å²) in [6.45, 7) is 2.98. The molecule has 0 N–H and O–H groups in total. The van der Waals surface area contributed by atoms with E-state index in [4.69, 9.17) is 4.74 Å². The van der Waals surface area contributed by atoms with E-state index < -0.39 is 0 Å². The average Bonchev–Trinajstić information content (AvgIpc) is 2.86. The molecule has 0 unspecified atom stereocenters. The van der Waals surface area contributed by atoms with Gasteiger partial charge in [-0.3, -0.25) is 0 Å². The molecular formula is C16H17N3O. The zero-order valence-electron chi connectivity index (χ0n) is 11.8. The number of fused-ring (bicyclic) bond motifs is 1. The van der Waals surface area contributed by atoms with Crippen LogP contribution in [0.2, 0.25) is 0 Å². The van der Waals surface area contributed by atoms with E-state index in [0.29, 0.717) is 5.69 Å². The smallest absolute Gasteiger partial charge is 0.162 e. The minimum absolute atomic E-state index is 0.559. The summed E-state index contributed by atoms with van der Waals surface area (Å²) in [5.74, 6) is 1.66. The van der Waals surface area contributed by atoms with Crippen LogP contribution in [-0.2, 0) is 13.0 Å². The second kappa shape index (κ2) is 5.01. The summed E-state index contributed by atoms with van der Waals surface area (Å²) in [5.41, 5.74) is 3.75. The molecule has 1 aromatic heterocycles. The molecule has 4 nitrogen and oxygen atoms in total. The Kier molecular flexibility index (Phi) is 3.19. The number of aryl methyl sites for hydroxylation is 1. The Bertz CT molecular complexity index is 694. The van der Waals surface area contributed by atoms with Crippen LogP contribution in [0.25, 0.3) is 11.4 Å². The van der Waals surface area contributed by atoms with Gasteiger partial charge in [0.2, 0.25) is 0 Å². The van der Waals surface area contributed by atoms with Crippen LogP contribution in [0.1, 0.15) is 29.8 Å². The maximum absolute atomic E-state index is 9.28. The Balaban J connectivity index is 2.23. The zero-order chi connectivity index (χ0) is 14.1. The molecule has 0 fully saturated rings. The van der Waals surface area contributed by atoms with Gasteiger partial charge >= 0.3 is 0 Å². The molecule has 0 spiro atoms. The van der Waals surface area contributed by atoms with E-state index >= 15 is 0 Å². The predicted octanol–water partition coefficient (Wildman–Crippen LogP) is 3.08. The molecule has 0 saturated carbocycles. The van der Waals surface area contributed by atoms with Gasteiger partial charge in [-0.05, 0) is 38.3 Å². The SMILES string of the molecule is COc1ccc(C)cc1-c1nc(C#N)c2n1CCCC2. The van der Waals surface area contributed by atoms with Gasteiger partial charge in [-0.25, -0.2) is 4.98 Å². The van der Waals surface area contributed by atoms with E-state index in [-0.39, 0.29) is 0 Å². The number of rotatable bonds is 2. The number of nitriles is 1. The van der Waals surface area contributed by atoms with Gasteiger partial charge in [-0.1, -0.05) is 11.6 Å². The number of ether oxygens (including phenoxy) is 1. The molecule has 1 aromatic carbocycles. The lowest BCUT2D eigenvalue weighted by Crippen LogP contribution is -2.11. The van der Waals surface area contributed by atoms with Crippen LogP contribution < -0.4 is 4.74 Å². The third kappa shape index (κ3) is 1.96. The highest BCUT2D eigenvalue weighted by Crippen LogP contribution is 2.33. The quantitative estimate of drug-likeness (QED) is 0.840. The van der Waals surface area contributed by atoms with Crippen LogP contribution in [0.3, 0.4) is 0 Å². The number of benzene rings is 1. The Morgan fingerprint density at radius 1 is 1.35 bits per heavy atom. The number of hydrogen-bond donors (Lipinski definition) is 0. The van der Waals surface area contributed by atoms with Crippen molar-refractivity contribution in [2.24, 2.45) is 0 Å². The van der Waals surface area contributed by atoms with Crippen LogP contribution in [0, 0.1) is 18.3 Å². The molecular weight excluding hydrogens is 250 g/mol. The molecule has 2 heterocycles. The van der Waals surface area contributed by atoms with Crippen LogP contribution in [0.15, 0.2) is 18.2 Å². The summed E-state index contributed by atoms with van der Waals surface area (Å²) in [4.78, 5) is 4.55. The van der Waals surface area contributed by atoms with Crippen molar-refractivity contribution in [3.63, 3.8) is 0 Å². The first-order chi connectivity index (χ1) is 9.74. The van der Waals surface area contributed by atoms with Crippen molar-refractivity contribution in [3.05, 3.63) is 35.2 Å². The van der Waals surface area contributed by atoms with E-state index in [1.54, 1.807) is 7.11 Å². The van der Waals surface area contributed by atoms with Gasteiger partial charge in [-0.15, -0.1) is 0 Å². The minimum Gasteiger partial charge on any atom is -0.496 e. The van der Waals surface area contributed by atoms with Crippen molar-refractivity contribution in [3.8, 4) is 23.2 Å². The number of methoxy groups -OCH3 is 1. The van der Waals surface area contributed by atoms with Gasteiger partial charge in [0.25, 0.3) is 0 Å². The fourth-order valence-electron chi connectivity index (χ4n) is 2.83. The van der Waals surface area contributed by atoms with E-state index in [2.05, 4.69) is 21.7 Å². The maximum atomic E-state index is 9.28. The minimum atomic E-state index is 0.559. The van der Waals surface area contributed by atoms with Gasteiger partial charge in [0, 0.05) is 6.54 Å². The number of nitrogens with zero attached hydrogens (tertiary/aromatic N) is 3. The van der Waals surface area contributed by atoms with Crippen molar-refractivity contribution in [2.75, 3.05) is 7.11 Å². The molecule has 1 aliphatic heterocycles. The van der Waals surface area contributed by atoms with Gasteiger partial charge in [0.15, 0.2) is 5.69 Å². The van der Waals surface area contributed by atoms with Crippen LogP contribution in [0.5, 0.6) is 5.75 Å². The number of aromatic nitrogens is 2. The number of hydrogen-bond acceptors (Lipinski definition) is 3. The Hall–Kier alpha value is -2.28. The highest BCUT2D eigenvalue weighted by molar-refractivity contribution is 5.67. The van der Waals surface area contributed by atoms with Crippen LogP contribution >= 0.6 is 0 Å². The molecule has 2 aromatic rings. The molecule has 3 rings (SSSR count). The normalized spacial score (nSPS) is 13.7. The van der Waals surface area contributed by atoms with Crippen molar-refractivity contribution < 1.29 is 4.74 Å². The lowest BCUT2D eigenvalue weighted by molar-refractivity contribution is 0.415. The van der Waals surface area contributed by atoms with Gasteiger partial charge in [0.1, 0.15) is 17.6 Å². The van der Waals surface area contributed by atoms with E-state index in [0.717, 1.165) is 54.2 Å². The first-order valence-corrected chi connectivity index (χ1v) is 6.89. The van der Waals surface area contributed by atoms with Crippen molar-refractivity contribution in [2.45, 2.75) is 32.7 Å². The van der Waals surface area contributed by atoms with Crippen molar-refractivity contribution in [1.29, 1.82) is 5.26 Å². The monoisotopic (exact) mass is 267 g/mol. The summed E-state index contributed by atoms with van der Waals surface area (Å²) >= 11 is 0. The molecule has 4 heteroatoms. The molecule has 0 radical (unpaired) electrons. The zero-order valence-corrected chi connectivity index (χ0v) is 11.8. The third-order valence-corrected chi connectivity index (χ3v) is 3.82. The fraction of sp³-hybridized carbons (Fsp3) is 0.375. The van der Waals surface area contributed by atoms with E-state index in [1.165, 1.54) is 0 Å². The standard InChI is InChI=1S/C16H17N3O/c1-11-6-7-15(20-2)12(9-11)16-18-13(10-17)14-5-3-4-8-19(14)16/h6-7,9H,3-5,8H2,1-2H3. The van der Waals surface area contributed by atoms with E-state index in [1.807, 2.05) is 19.1 Å². The Morgan fingerprint density at radius 2 is 2.20 bits per heavy atom. The Morgan fingerprint density at radius 3 is 2.95 bits per heavy atom. The van der Waals surface area contributed by atoms with Crippen LogP contribution in [-0.4, -0.2) is 16.7 Å². The average molecular weight is 267 g/mol. The van der Waals surface area contributed by atoms with Gasteiger partial charge in [0.05, 0.1) is 18.4 Å². The summed E-state index contributed by atoms with van der Waals surface area (Å²) in [7, 11) is 1.67. The second-order valence-electron chi connectivity index (χ2n) is 5.15. The molecule has 1 aliphatic rings. The first-order valence-electron chi connectivity index (χ1n) is 6.89. The topological polar surface area (TPSA) is 50.8 Å². The summed E-state index contributed by atoms with van der Waals surface area (Å²) < 4.78 is 7.63. The summed E-state index contributed by atoms with van der Waals surface area (Å²) in [6.07, 6.45) is 3.20. The molecule has 0 bridgehead atoms. The van der Waals surface area contributed by atoms with Gasteiger partial charge in [-0.2, -0.15) is 5.26 Å². The second-order valence-corrected chi connectivity index (χ2v) is 5.15. The van der Waals surface area contributed by atoms with Crippen LogP contribution in [0.4, 0.5) is 0 Å². The maximum Gasteiger partial charge on any atom is 0.162 e. The molecule has 102 valence electrons. The van der Waals surface area contributed by atoms with Crippen molar-refractivity contribution in [1.82, 2.24) is 9.55 Å². The largest absolute Gasteiger partial charge is 0.496 e. The Labute approximate surface area is 118 Å². The number of imidazole rings is 1. The van der Waals surface area contributed by atoms with E-state index in [9.17, 15) is 5.26 Å². The molecule has 0 aliphatic carbocycles. The summed E-state index contributed by atoms with van der Waals surface area (Å²) in [6, 6.07) is 8.28.